The van der Waals surface area contributed by atoms with Crippen LogP contribution in [0.2, 0.25) is 10.0 Å². The first-order valence-corrected chi connectivity index (χ1v) is 14.1. The number of hydrogen-bond donors (Lipinski definition) is 0. The van der Waals surface area contributed by atoms with Crippen molar-refractivity contribution >= 4 is 62.3 Å². The molecule has 0 radical (unpaired) electrons. The molecular formula is C26H22Cl2N4O3S2. The van der Waals surface area contributed by atoms with Crippen molar-refractivity contribution in [2.45, 2.75) is 43.4 Å². The standard InChI is InChI=1S/C26H22Cl2N4O3S2/c1-26(2)11-17-20(12-35-26)37-23-21(17)22(33)31(15-5-7-16(34-3)8-6-15)24-29-30-25(32(23)24)36-13-14-4-9-18(27)19(28)10-14/h4-10H,11-13H2,1-3H3. The van der Waals surface area contributed by atoms with Crippen LogP contribution in [0.1, 0.15) is 29.9 Å². The van der Waals surface area contributed by atoms with E-state index in [1.54, 1.807) is 29.1 Å². The SMILES string of the molecule is COc1ccc(-n2c(=O)c3c4c(sc3n3c(SCc5ccc(Cl)c(Cl)c5)nnc23)COC(C)(C)C4)cc1. The number of thioether (sulfide) groups is 1. The van der Waals surface area contributed by atoms with Crippen LogP contribution < -0.4 is 10.3 Å². The molecule has 0 spiro atoms. The first-order valence-electron chi connectivity index (χ1n) is 11.6. The predicted octanol–water partition coefficient (Wildman–Crippen LogP) is 6.55. The number of hydrogen-bond acceptors (Lipinski definition) is 7. The lowest BCUT2D eigenvalue weighted by Gasteiger charge is -2.29. The summed E-state index contributed by atoms with van der Waals surface area (Å²) in [6, 6.07) is 13.0. The van der Waals surface area contributed by atoms with Crippen molar-refractivity contribution in [2.24, 2.45) is 0 Å². The third-order valence-electron chi connectivity index (χ3n) is 6.39. The number of nitrogens with zero attached hydrogens (tertiary/aromatic N) is 4. The Morgan fingerprint density at radius 3 is 2.65 bits per heavy atom. The zero-order valence-corrected chi connectivity index (χ0v) is 23.4. The molecule has 0 unspecified atom stereocenters. The molecule has 0 saturated heterocycles. The summed E-state index contributed by atoms with van der Waals surface area (Å²) in [5.41, 5.74) is 2.27. The average Bonchev–Trinajstić information content (AvgIpc) is 3.46. The lowest BCUT2D eigenvalue weighted by molar-refractivity contribution is -0.0379. The van der Waals surface area contributed by atoms with Crippen LogP contribution in [0.15, 0.2) is 52.4 Å². The molecule has 11 heteroatoms. The van der Waals surface area contributed by atoms with Gasteiger partial charge in [-0.3, -0.25) is 4.79 Å². The summed E-state index contributed by atoms with van der Waals surface area (Å²) in [5, 5.41) is 11.4. The van der Waals surface area contributed by atoms with Gasteiger partial charge in [0.25, 0.3) is 5.56 Å². The predicted molar refractivity (Wildman–Crippen MR) is 149 cm³/mol. The van der Waals surface area contributed by atoms with Gasteiger partial charge in [0.15, 0.2) is 5.16 Å². The fourth-order valence-corrected chi connectivity index (χ4v) is 7.01. The zero-order chi connectivity index (χ0) is 25.9. The highest BCUT2D eigenvalue weighted by atomic mass is 35.5. The Labute approximate surface area is 230 Å². The van der Waals surface area contributed by atoms with Gasteiger partial charge in [-0.05, 0) is 61.4 Å². The Morgan fingerprint density at radius 1 is 1.14 bits per heavy atom. The number of rotatable bonds is 5. The van der Waals surface area contributed by atoms with Crippen LogP contribution in [0, 0.1) is 0 Å². The number of benzene rings is 2. The molecular weight excluding hydrogens is 551 g/mol. The smallest absolute Gasteiger partial charge is 0.268 e. The second-order valence-electron chi connectivity index (χ2n) is 9.40. The van der Waals surface area contributed by atoms with Gasteiger partial charge in [0.1, 0.15) is 10.6 Å². The Hall–Kier alpha value is -2.56. The minimum Gasteiger partial charge on any atom is -0.497 e. The van der Waals surface area contributed by atoms with Gasteiger partial charge in [0.05, 0.1) is 40.4 Å². The fraction of sp³-hybridized carbons (Fsp3) is 0.269. The first-order chi connectivity index (χ1) is 17.8. The topological polar surface area (TPSA) is 70.7 Å². The molecule has 1 aliphatic rings. The van der Waals surface area contributed by atoms with Gasteiger partial charge in [-0.1, -0.05) is 41.0 Å². The van der Waals surface area contributed by atoms with E-state index in [4.69, 9.17) is 32.7 Å². The molecule has 0 bridgehead atoms. The van der Waals surface area contributed by atoms with E-state index in [1.165, 1.54) is 11.8 Å². The van der Waals surface area contributed by atoms with E-state index >= 15 is 0 Å². The largest absolute Gasteiger partial charge is 0.497 e. The summed E-state index contributed by atoms with van der Waals surface area (Å²) in [4.78, 5) is 16.0. The van der Waals surface area contributed by atoms with Gasteiger partial charge in [0, 0.05) is 17.1 Å². The molecule has 1 aliphatic heterocycles. The van der Waals surface area contributed by atoms with Gasteiger partial charge in [-0.25, -0.2) is 8.97 Å². The van der Waals surface area contributed by atoms with Gasteiger partial charge >= 0.3 is 0 Å². The zero-order valence-electron chi connectivity index (χ0n) is 20.2. The first kappa shape index (κ1) is 24.8. The van der Waals surface area contributed by atoms with Gasteiger partial charge in [-0.15, -0.1) is 21.5 Å². The number of halogens is 2. The van der Waals surface area contributed by atoms with Gasteiger partial charge < -0.3 is 9.47 Å². The molecule has 0 aliphatic carbocycles. The summed E-state index contributed by atoms with van der Waals surface area (Å²) in [6.45, 7) is 4.58. The minimum absolute atomic E-state index is 0.115. The van der Waals surface area contributed by atoms with Crippen LogP contribution in [0.3, 0.4) is 0 Å². The van der Waals surface area contributed by atoms with E-state index < -0.39 is 0 Å². The highest BCUT2D eigenvalue weighted by Gasteiger charge is 2.32. The number of fused-ring (bicyclic) bond motifs is 5. The third kappa shape index (κ3) is 4.32. The van der Waals surface area contributed by atoms with Crippen molar-refractivity contribution < 1.29 is 9.47 Å². The van der Waals surface area contributed by atoms with E-state index in [0.29, 0.717) is 56.6 Å². The Balaban J connectivity index is 1.57. The Kier molecular flexibility index (Phi) is 6.24. The van der Waals surface area contributed by atoms with Crippen LogP contribution in [0.25, 0.3) is 21.7 Å². The molecule has 190 valence electrons. The summed E-state index contributed by atoms with van der Waals surface area (Å²) in [6.07, 6.45) is 0.652. The highest BCUT2D eigenvalue weighted by Crippen LogP contribution is 2.39. The highest BCUT2D eigenvalue weighted by molar-refractivity contribution is 7.98. The summed E-state index contributed by atoms with van der Waals surface area (Å²) < 4.78 is 15.0. The van der Waals surface area contributed by atoms with E-state index in [1.807, 2.05) is 40.8 Å². The molecule has 0 amide bonds. The molecule has 2 aromatic carbocycles. The van der Waals surface area contributed by atoms with Crippen molar-refractivity contribution in [1.82, 2.24) is 19.2 Å². The Bertz CT molecular complexity index is 1720. The van der Waals surface area contributed by atoms with Crippen LogP contribution in [0.4, 0.5) is 0 Å². The van der Waals surface area contributed by atoms with Crippen molar-refractivity contribution in [1.29, 1.82) is 0 Å². The van der Waals surface area contributed by atoms with Crippen molar-refractivity contribution in [3.05, 3.63) is 78.9 Å². The molecule has 37 heavy (non-hydrogen) atoms. The lowest BCUT2D eigenvalue weighted by atomic mass is 9.94. The lowest BCUT2D eigenvalue weighted by Crippen LogP contribution is -2.32. The van der Waals surface area contributed by atoms with Crippen LogP contribution in [-0.2, 0) is 23.5 Å². The summed E-state index contributed by atoms with van der Waals surface area (Å²) in [7, 11) is 1.61. The van der Waals surface area contributed by atoms with E-state index in [2.05, 4.69) is 24.0 Å². The molecule has 5 aromatic rings. The van der Waals surface area contributed by atoms with E-state index in [9.17, 15) is 4.79 Å². The number of aromatic nitrogens is 4. The number of ether oxygens (including phenoxy) is 2. The second kappa shape index (κ2) is 9.32. The van der Waals surface area contributed by atoms with Gasteiger partial charge in [0.2, 0.25) is 5.78 Å². The van der Waals surface area contributed by atoms with Crippen LogP contribution in [0.5, 0.6) is 5.75 Å². The minimum atomic E-state index is -0.355. The average molecular weight is 574 g/mol. The normalized spacial score (nSPS) is 14.8. The monoisotopic (exact) mass is 572 g/mol. The maximum absolute atomic E-state index is 14.1. The van der Waals surface area contributed by atoms with Crippen molar-refractivity contribution in [3.63, 3.8) is 0 Å². The molecule has 0 fully saturated rings. The molecule has 3 aromatic heterocycles. The molecule has 6 rings (SSSR count). The third-order valence-corrected chi connectivity index (χ3v) is 9.32. The number of thiophene rings is 1. The van der Waals surface area contributed by atoms with Crippen LogP contribution >= 0.6 is 46.3 Å². The van der Waals surface area contributed by atoms with Crippen LogP contribution in [-0.4, -0.2) is 31.9 Å². The molecule has 7 nitrogen and oxygen atoms in total. The maximum Gasteiger partial charge on any atom is 0.268 e. The second-order valence-corrected chi connectivity index (χ2v) is 12.2. The molecule has 0 atom stereocenters. The summed E-state index contributed by atoms with van der Waals surface area (Å²) >= 11 is 15.4. The van der Waals surface area contributed by atoms with E-state index in [0.717, 1.165) is 20.8 Å². The molecule has 0 saturated carbocycles. The van der Waals surface area contributed by atoms with Crippen molar-refractivity contribution in [2.75, 3.05) is 7.11 Å². The summed E-state index contributed by atoms with van der Waals surface area (Å²) in [5.74, 6) is 1.78. The molecule has 4 heterocycles. The van der Waals surface area contributed by atoms with Crippen molar-refractivity contribution in [3.8, 4) is 11.4 Å². The number of methoxy groups -OCH3 is 1. The maximum atomic E-state index is 14.1. The van der Waals surface area contributed by atoms with E-state index in [-0.39, 0.29) is 11.2 Å². The Morgan fingerprint density at radius 2 is 1.92 bits per heavy atom. The quantitative estimate of drug-likeness (QED) is 0.222. The van der Waals surface area contributed by atoms with Gasteiger partial charge in [-0.2, -0.15) is 0 Å². The fourth-order valence-electron chi connectivity index (χ4n) is 4.54. The molecule has 0 N–H and O–H groups in total.